The lowest BCUT2D eigenvalue weighted by atomic mass is 10.2. The van der Waals surface area contributed by atoms with Crippen molar-refractivity contribution < 1.29 is 18.7 Å². The molecule has 1 N–H and O–H groups in total. The van der Waals surface area contributed by atoms with Crippen LogP contribution in [0.2, 0.25) is 5.02 Å². The second kappa shape index (κ2) is 8.08. The molecular weight excluding hydrogens is 341 g/mol. The molecule has 0 radical (unpaired) electrons. The molecular formula is C16H15ClFNO3S. The second-order valence-electron chi connectivity index (χ2n) is 4.82. The molecule has 1 atom stereocenters. The zero-order valence-corrected chi connectivity index (χ0v) is 13.9. The monoisotopic (exact) mass is 355 g/mol. The van der Waals surface area contributed by atoms with Crippen LogP contribution >= 0.6 is 22.9 Å². The first-order chi connectivity index (χ1) is 11.0. The van der Waals surface area contributed by atoms with Crippen LogP contribution in [0.1, 0.15) is 18.2 Å². The molecule has 1 aromatic heterocycles. The number of amides is 1. The van der Waals surface area contributed by atoms with Crippen molar-refractivity contribution in [2.45, 2.75) is 25.9 Å². The standard InChI is InChI=1S/C16H15ClFNO3S/c1-10(22-15(20)7-5-12-3-2-8-23-12)16(21)19-14-6-4-11(17)9-13(14)18/h2-4,6,8-10H,5,7H2,1H3,(H,19,21)/t10-/m0/s1. The summed E-state index contributed by atoms with van der Waals surface area (Å²) in [6.07, 6.45) is -0.259. The predicted octanol–water partition coefficient (Wildman–Crippen LogP) is 4.04. The van der Waals surface area contributed by atoms with Gasteiger partial charge in [0.05, 0.1) is 12.1 Å². The summed E-state index contributed by atoms with van der Waals surface area (Å²) < 4.78 is 18.7. The minimum absolute atomic E-state index is 0.0131. The maximum atomic E-state index is 13.6. The van der Waals surface area contributed by atoms with Crippen molar-refractivity contribution in [3.8, 4) is 0 Å². The normalized spacial score (nSPS) is 11.8. The second-order valence-corrected chi connectivity index (χ2v) is 6.29. The Morgan fingerprint density at radius 2 is 2.17 bits per heavy atom. The number of ether oxygens (including phenoxy) is 1. The summed E-state index contributed by atoms with van der Waals surface area (Å²) in [6, 6.07) is 7.73. The summed E-state index contributed by atoms with van der Waals surface area (Å²) in [5, 5.41) is 4.52. The molecule has 0 fully saturated rings. The van der Waals surface area contributed by atoms with E-state index in [0.717, 1.165) is 10.9 Å². The smallest absolute Gasteiger partial charge is 0.306 e. The van der Waals surface area contributed by atoms with Gasteiger partial charge in [-0.15, -0.1) is 11.3 Å². The largest absolute Gasteiger partial charge is 0.453 e. The van der Waals surface area contributed by atoms with Gasteiger partial charge in [0.2, 0.25) is 0 Å². The SMILES string of the molecule is C[C@H](OC(=O)CCc1cccs1)C(=O)Nc1ccc(Cl)cc1F. The Bertz CT molecular complexity index is 691. The fraction of sp³-hybridized carbons (Fsp3) is 0.250. The zero-order valence-electron chi connectivity index (χ0n) is 12.3. The van der Waals surface area contributed by atoms with E-state index in [9.17, 15) is 14.0 Å². The van der Waals surface area contributed by atoms with E-state index in [0.29, 0.717) is 6.42 Å². The molecule has 0 unspecified atom stereocenters. The van der Waals surface area contributed by atoms with Gasteiger partial charge in [-0.1, -0.05) is 17.7 Å². The van der Waals surface area contributed by atoms with Gasteiger partial charge in [-0.25, -0.2) is 4.39 Å². The van der Waals surface area contributed by atoms with Crippen LogP contribution in [0.3, 0.4) is 0 Å². The van der Waals surface area contributed by atoms with Crippen molar-refractivity contribution in [1.82, 2.24) is 0 Å². The molecule has 0 aliphatic rings. The van der Waals surface area contributed by atoms with Crippen LogP contribution in [-0.2, 0) is 20.7 Å². The third kappa shape index (κ3) is 5.33. The lowest BCUT2D eigenvalue weighted by molar-refractivity contribution is -0.153. The highest BCUT2D eigenvalue weighted by atomic mass is 35.5. The van der Waals surface area contributed by atoms with Crippen molar-refractivity contribution in [3.05, 3.63) is 51.4 Å². The molecule has 0 bridgehead atoms. The number of benzene rings is 1. The molecule has 0 aliphatic heterocycles. The minimum atomic E-state index is -1.01. The average Bonchev–Trinajstić information content (AvgIpc) is 3.01. The number of nitrogens with one attached hydrogen (secondary N) is 1. The van der Waals surface area contributed by atoms with Crippen molar-refractivity contribution in [2.24, 2.45) is 0 Å². The number of thiophene rings is 1. The van der Waals surface area contributed by atoms with Gasteiger partial charge in [-0.3, -0.25) is 9.59 Å². The van der Waals surface area contributed by atoms with E-state index in [1.54, 1.807) is 11.3 Å². The third-order valence-corrected chi connectivity index (χ3v) is 4.19. The predicted molar refractivity (Wildman–Crippen MR) is 88.2 cm³/mol. The van der Waals surface area contributed by atoms with Crippen molar-refractivity contribution >= 4 is 40.5 Å². The summed E-state index contributed by atoms with van der Waals surface area (Å²) in [4.78, 5) is 24.7. The first kappa shape index (κ1) is 17.4. The maximum Gasteiger partial charge on any atom is 0.306 e. The number of anilines is 1. The summed E-state index contributed by atoms with van der Waals surface area (Å²) in [7, 11) is 0. The van der Waals surface area contributed by atoms with E-state index in [-0.39, 0.29) is 17.1 Å². The fourth-order valence-electron chi connectivity index (χ4n) is 1.81. The van der Waals surface area contributed by atoms with Crippen LogP contribution in [0.25, 0.3) is 0 Å². The van der Waals surface area contributed by atoms with E-state index in [4.69, 9.17) is 16.3 Å². The topological polar surface area (TPSA) is 55.4 Å². The number of carbonyl (C=O) groups excluding carboxylic acids is 2. The first-order valence-corrected chi connectivity index (χ1v) is 8.19. The van der Waals surface area contributed by atoms with E-state index < -0.39 is 23.8 Å². The molecule has 1 heterocycles. The summed E-state index contributed by atoms with van der Waals surface area (Å²) in [6.45, 7) is 1.44. The van der Waals surface area contributed by atoms with Crippen molar-refractivity contribution in [1.29, 1.82) is 0 Å². The molecule has 0 saturated carbocycles. The summed E-state index contributed by atoms with van der Waals surface area (Å²) >= 11 is 7.20. The molecule has 0 saturated heterocycles. The average molecular weight is 356 g/mol. The Balaban J connectivity index is 1.83. The summed E-state index contributed by atoms with van der Waals surface area (Å²) in [5.41, 5.74) is -0.0131. The number of esters is 1. The Morgan fingerprint density at radius 3 is 2.83 bits per heavy atom. The lowest BCUT2D eigenvalue weighted by Crippen LogP contribution is -2.30. The molecule has 7 heteroatoms. The highest BCUT2D eigenvalue weighted by Crippen LogP contribution is 2.19. The molecule has 2 rings (SSSR count). The molecule has 23 heavy (non-hydrogen) atoms. The van der Waals surface area contributed by atoms with Gasteiger partial charge in [-0.2, -0.15) is 0 Å². The number of halogens is 2. The quantitative estimate of drug-likeness (QED) is 0.795. The summed E-state index contributed by atoms with van der Waals surface area (Å²) in [5.74, 6) is -1.73. The van der Waals surface area contributed by atoms with Crippen LogP contribution in [0.4, 0.5) is 10.1 Å². The van der Waals surface area contributed by atoms with Gasteiger partial charge in [-0.05, 0) is 43.0 Å². The molecule has 1 amide bonds. The van der Waals surface area contributed by atoms with Gasteiger partial charge in [0.15, 0.2) is 6.10 Å². The molecule has 122 valence electrons. The lowest BCUT2D eigenvalue weighted by Gasteiger charge is -2.14. The highest BCUT2D eigenvalue weighted by molar-refractivity contribution is 7.09. The minimum Gasteiger partial charge on any atom is -0.453 e. The molecule has 0 aliphatic carbocycles. The Hall–Kier alpha value is -1.92. The number of carbonyl (C=O) groups is 2. The number of rotatable bonds is 6. The van der Waals surface area contributed by atoms with Gasteiger partial charge in [0.1, 0.15) is 5.82 Å². The Kier molecular flexibility index (Phi) is 6.12. The van der Waals surface area contributed by atoms with Crippen molar-refractivity contribution in [3.63, 3.8) is 0 Å². The zero-order chi connectivity index (χ0) is 16.8. The van der Waals surface area contributed by atoms with Gasteiger partial charge >= 0.3 is 5.97 Å². The number of aryl methyl sites for hydroxylation is 1. The number of hydrogen-bond donors (Lipinski definition) is 1. The van der Waals surface area contributed by atoms with E-state index in [2.05, 4.69) is 5.32 Å². The molecule has 1 aromatic carbocycles. The van der Waals surface area contributed by atoms with Crippen LogP contribution in [-0.4, -0.2) is 18.0 Å². The molecule has 0 spiro atoms. The van der Waals surface area contributed by atoms with E-state index in [1.807, 2.05) is 17.5 Å². The highest BCUT2D eigenvalue weighted by Gasteiger charge is 2.19. The molecule has 4 nitrogen and oxygen atoms in total. The van der Waals surface area contributed by atoms with Crippen LogP contribution in [0.5, 0.6) is 0 Å². The fourth-order valence-corrected chi connectivity index (χ4v) is 2.68. The van der Waals surface area contributed by atoms with Crippen LogP contribution in [0.15, 0.2) is 35.7 Å². The van der Waals surface area contributed by atoms with Crippen LogP contribution < -0.4 is 5.32 Å². The number of hydrogen-bond acceptors (Lipinski definition) is 4. The maximum absolute atomic E-state index is 13.6. The van der Waals surface area contributed by atoms with Gasteiger partial charge in [0.25, 0.3) is 5.91 Å². The first-order valence-electron chi connectivity index (χ1n) is 6.93. The third-order valence-electron chi connectivity index (χ3n) is 3.02. The molecule has 2 aromatic rings. The van der Waals surface area contributed by atoms with E-state index in [1.165, 1.54) is 19.1 Å². The van der Waals surface area contributed by atoms with Crippen LogP contribution in [0, 0.1) is 5.82 Å². The van der Waals surface area contributed by atoms with Gasteiger partial charge < -0.3 is 10.1 Å². The van der Waals surface area contributed by atoms with E-state index >= 15 is 0 Å². The van der Waals surface area contributed by atoms with Gasteiger partial charge in [0, 0.05) is 9.90 Å². The Labute approximate surface area is 142 Å². The van der Waals surface area contributed by atoms with Crippen molar-refractivity contribution in [2.75, 3.05) is 5.32 Å². The Morgan fingerprint density at radius 1 is 1.39 bits per heavy atom.